The summed E-state index contributed by atoms with van der Waals surface area (Å²) < 4.78 is 49.1. The third-order valence-electron chi connectivity index (χ3n) is 8.91. The quantitative estimate of drug-likeness (QED) is 0.187. The largest absolute Gasteiger partial charge is 0.491 e. The van der Waals surface area contributed by atoms with Crippen molar-refractivity contribution in [2.24, 2.45) is 0 Å². The minimum absolute atomic E-state index is 0.0113. The lowest BCUT2D eigenvalue weighted by molar-refractivity contribution is -0.226. The fraction of sp³-hybridized carbons (Fsp3) is 0.324. The Morgan fingerprint density at radius 1 is 0.936 bits per heavy atom. The molecule has 2 aliphatic rings. The molecule has 0 radical (unpaired) electrons. The Morgan fingerprint density at radius 3 is 2.49 bits per heavy atom. The molecule has 11 nitrogen and oxygen atoms in total. The molecule has 5 aromatic rings. The van der Waals surface area contributed by atoms with E-state index < -0.39 is 42.2 Å². The third-order valence-corrected chi connectivity index (χ3v) is 8.91. The lowest BCUT2D eigenvalue weighted by Crippen LogP contribution is -2.44. The predicted octanol–water partition coefficient (Wildman–Crippen LogP) is 3.70. The Labute approximate surface area is 267 Å². The number of rotatable bonds is 9. The van der Waals surface area contributed by atoms with Crippen molar-refractivity contribution >= 4 is 11.2 Å². The van der Waals surface area contributed by atoms with Crippen LogP contribution in [0.25, 0.3) is 22.6 Å². The van der Waals surface area contributed by atoms with Crippen molar-refractivity contribution in [1.82, 2.24) is 19.5 Å². The molecule has 0 saturated carbocycles. The van der Waals surface area contributed by atoms with Gasteiger partial charge in [-0.1, -0.05) is 66.7 Å². The molecule has 4 N–H and O–H groups in total. The van der Waals surface area contributed by atoms with Crippen LogP contribution in [0.5, 0.6) is 11.6 Å². The number of fused-ring (bicyclic) bond motifs is 2. The Kier molecular flexibility index (Phi) is 7.89. The van der Waals surface area contributed by atoms with E-state index in [4.69, 9.17) is 14.2 Å². The number of halogens is 2. The summed E-state index contributed by atoms with van der Waals surface area (Å²) in [5.41, 5.74) is -0.463. The molecule has 3 heterocycles. The summed E-state index contributed by atoms with van der Waals surface area (Å²) in [6, 6.07) is 21.9. The van der Waals surface area contributed by atoms with Gasteiger partial charge in [0.1, 0.15) is 36.8 Å². The molecule has 0 spiro atoms. The molecule has 244 valence electrons. The zero-order chi connectivity index (χ0) is 32.9. The molecule has 3 aromatic carbocycles. The maximum Gasteiger partial charge on any atom is 0.309 e. The van der Waals surface area contributed by atoms with Gasteiger partial charge < -0.3 is 34.6 Å². The summed E-state index contributed by atoms with van der Waals surface area (Å²) in [6.45, 7) is -0.139. The zero-order valence-corrected chi connectivity index (χ0v) is 25.1. The van der Waals surface area contributed by atoms with Crippen LogP contribution in [-0.2, 0) is 16.8 Å². The van der Waals surface area contributed by atoms with Crippen molar-refractivity contribution in [3.05, 3.63) is 102 Å². The van der Waals surface area contributed by atoms with E-state index in [0.29, 0.717) is 28.3 Å². The van der Waals surface area contributed by atoms with Crippen molar-refractivity contribution in [2.45, 2.75) is 55.0 Å². The molecule has 1 saturated heterocycles. The highest BCUT2D eigenvalue weighted by Crippen LogP contribution is 2.56. The van der Waals surface area contributed by atoms with Gasteiger partial charge in [-0.3, -0.25) is 4.57 Å². The first kappa shape index (κ1) is 31.1. The standard InChI is InChI=1S/C34H32F2N4O7/c1-45-31-25-30(38-29(39-31)20-9-3-2-4-10-20)40(18-37-25)32-27(42)26(41)24(47-32)17-46-21-11-7-8-19(16-21)14-15-33(44)23-13-6-5-12-22(23)28(43)34(33,35)36/h2-13,16,18,24,26-28,32,41-44H,14-15,17H2,1H3/t24-,26-,27-,28?,32-,33-/m1/s1. The number of methoxy groups -OCH3 is 1. The number of hydrogen-bond donors (Lipinski definition) is 4. The molecule has 1 fully saturated rings. The maximum absolute atomic E-state index is 15.1. The molecule has 6 atom stereocenters. The fourth-order valence-electron chi connectivity index (χ4n) is 6.34. The van der Waals surface area contributed by atoms with E-state index >= 15 is 8.78 Å². The van der Waals surface area contributed by atoms with Gasteiger partial charge in [0.05, 0.1) is 13.4 Å². The van der Waals surface area contributed by atoms with Crippen molar-refractivity contribution in [3.8, 4) is 23.0 Å². The second-order valence-corrected chi connectivity index (χ2v) is 11.7. The summed E-state index contributed by atoms with van der Waals surface area (Å²) in [4.78, 5) is 13.5. The first-order valence-corrected chi connectivity index (χ1v) is 15.1. The number of aliphatic hydroxyl groups excluding tert-OH is 3. The van der Waals surface area contributed by atoms with Crippen LogP contribution in [-0.4, -0.2) is 77.9 Å². The minimum Gasteiger partial charge on any atom is -0.491 e. The molecule has 2 aromatic heterocycles. The number of ether oxygens (including phenoxy) is 3. The molecule has 47 heavy (non-hydrogen) atoms. The lowest BCUT2D eigenvalue weighted by atomic mass is 9.86. The van der Waals surface area contributed by atoms with Gasteiger partial charge in [0, 0.05) is 5.56 Å². The van der Waals surface area contributed by atoms with Crippen LogP contribution < -0.4 is 9.47 Å². The van der Waals surface area contributed by atoms with E-state index in [2.05, 4.69) is 15.0 Å². The summed E-state index contributed by atoms with van der Waals surface area (Å²) in [6.07, 6.45) is -5.59. The molecular formula is C34H32F2N4O7. The Hall–Kier alpha value is -4.53. The molecule has 1 unspecified atom stereocenters. The van der Waals surface area contributed by atoms with Gasteiger partial charge in [0.15, 0.2) is 28.8 Å². The molecule has 1 aliphatic carbocycles. The SMILES string of the molecule is COc1nc(-c2ccccc2)nc2c1ncn2[C@@H]1O[C@H](COc2cccc(CC[C@@]3(O)c4ccccc4C(O)C3(F)F)c2)[C@@H](O)[C@H]1O. The summed E-state index contributed by atoms with van der Waals surface area (Å²) in [5.74, 6) is -2.77. The van der Waals surface area contributed by atoms with E-state index in [-0.39, 0.29) is 36.5 Å². The molecule has 0 amide bonds. The van der Waals surface area contributed by atoms with Crippen LogP contribution in [0.4, 0.5) is 8.78 Å². The van der Waals surface area contributed by atoms with E-state index in [1.807, 2.05) is 30.3 Å². The van der Waals surface area contributed by atoms with Gasteiger partial charge in [-0.15, -0.1) is 0 Å². The summed E-state index contributed by atoms with van der Waals surface area (Å²) in [7, 11) is 1.47. The van der Waals surface area contributed by atoms with Crippen LogP contribution >= 0.6 is 0 Å². The highest BCUT2D eigenvalue weighted by Gasteiger charge is 2.64. The Bertz CT molecular complexity index is 1910. The van der Waals surface area contributed by atoms with E-state index in [1.54, 1.807) is 36.4 Å². The van der Waals surface area contributed by atoms with Gasteiger partial charge in [-0.25, -0.2) is 9.97 Å². The topological polar surface area (TPSA) is 152 Å². The van der Waals surface area contributed by atoms with E-state index in [9.17, 15) is 20.4 Å². The van der Waals surface area contributed by atoms with Crippen molar-refractivity contribution in [3.63, 3.8) is 0 Å². The minimum atomic E-state index is -3.76. The number of aryl methyl sites for hydroxylation is 1. The number of aliphatic hydroxyl groups is 4. The van der Waals surface area contributed by atoms with Gasteiger partial charge in [-0.05, 0) is 41.7 Å². The second-order valence-electron chi connectivity index (χ2n) is 11.7. The maximum atomic E-state index is 15.1. The number of nitrogens with zero attached hydrogens (tertiary/aromatic N) is 4. The average Bonchev–Trinajstić information content (AvgIpc) is 3.69. The number of aromatic nitrogens is 4. The number of alkyl halides is 2. The van der Waals surface area contributed by atoms with Crippen LogP contribution in [0, 0.1) is 0 Å². The number of hydrogen-bond acceptors (Lipinski definition) is 10. The Morgan fingerprint density at radius 2 is 1.70 bits per heavy atom. The van der Waals surface area contributed by atoms with Gasteiger partial charge >= 0.3 is 5.92 Å². The molecular weight excluding hydrogens is 614 g/mol. The predicted molar refractivity (Wildman–Crippen MR) is 164 cm³/mol. The van der Waals surface area contributed by atoms with E-state index in [1.165, 1.54) is 30.1 Å². The molecule has 0 bridgehead atoms. The molecule has 13 heteroatoms. The first-order valence-electron chi connectivity index (χ1n) is 15.1. The third kappa shape index (κ3) is 5.20. The first-order chi connectivity index (χ1) is 22.6. The van der Waals surface area contributed by atoms with Gasteiger partial charge in [0.25, 0.3) is 0 Å². The van der Waals surface area contributed by atoms with Crippen LogP contribution in [0.3, 0.4) is 0 Å². The molecule has 7 rings (SSSR count). The highest BCUT2D eigenvalue weighted by molar-refractivity contribution is 5.79. The van der Waals surface area contributed by atoms with Crippen molar-refractivity contribution in [1.29, 1.82) is 0 Å². The monoisotopic (exact) mass is 646 g/mol. The lowest BCUT2D eigenvalue weighted by Gasteiger charge is -2.32. The number of imidazole rings is 1. The second kappa shape index (κ2) is 11.9. The smallest absolute Gasteiger partial charge is 0.309 e. The van der Waals surface area contributed by atoms with Gasteiger partial charge in [0.2, 0.25) is 5.88 Å². The fourth-order valence-corrected chi connectivity index (χ4v) is 6.34. The van der Waals surface area contributed by atoms with Crippen LogP contribution in [0.15, 0.2) is 85.2 Å². The molecule has 1 aliphatic heterocycles. The highest BCUT2D eigenvalue weighted by atomic mass is 19.3. The van der Waals surface area contributed by atoms with Crippen LogP contribution in [0.1, 0.15) is 35.4 Å². The van der Waals surface area contributed by atoms with Gasteiger partial charge in [-0.2, -0.15) is 13.8 Å². The average molecular weight is 647 g/mol. The number of benzene rings is 3. The summed E-state index contributed by atoms with van der Waals surface area (Å²) in [5, 5.41) is 43.2. The summed E-state index contributed by atoms with van der Waals surface area (Å²) >= 11 is 0. The van der Waals surface area contributed by atoms with E-state index in [0.717, 1.165) is 5.56 Å². The zero-order valence-electron chi connectivity index (χ0n) is 25.1. The normalized spacial score (nSPS) is 26.4. The van der Waals surface area contributed by atoms with Crippen molar-refractivity contribution < 1.29 is 43.4 Å². The van der Waals surface area contributed by atoms with Crippen LogP contribution in [0.2, 0.25) is 0 Å². The van der Waals surface area contributed by atoms with Crippen molar-refractivity contribution in [2.75, 3.05) is 13.7 Å². The Balaban J connectivity index is 1.05.